The molecule has 0 radical (unpaired) electrons. The predicted molar refractivity (Wildman–Crippen MR) is 187 cm³/mol. The molecule has 4 fully saturated rings. The number of Topliss-reactive ketones (excluding diaryl/α,β-unsaturated/α-hetero) is 1. The van der Waals surface area contributed by atoms with Crippen LogP contribution in [0.15, 0.2) is 12.7 Å². The van der Waals surface area contributed by atoms with E-state index in [0.29, 0.717) is 32.5 Å². The SMILES string of the molecule is C=CCNC(=O)C(=O)C(CCC)NC(=O)[C@@H]1[C@@H]2[C@H](CN1C(=O)[C@@H](NC(=O)N[C@@H](CN1CCCCC1=O)C(C)(C)C)C1CCCCC1)C2(C)C. The second-order valence-electron chi connectivity index (χ2n) is 16.3. The van der Waals surface area contributed by atoms with Crippen LogP contribution in [0.5, 0.6) is 0 Å². The summed E-state index contributed by atoms with van der Waals surface area (Å²) in [6.07, 6.45) is 9.22. The number of carbonyl (C=O) groups is 6. The standard InChI is InChI=1S/C37H60N6O6/c1-8-15-25(31(45)33(47)38-19-9-2)39-32(46)30-28-24(37(28,6)7)21-43(30)34(48)29(23-16-11-10-12-17-23)41-35(49)40-26(36(3,4)5)22-42-20-14-13-18-27(42)44/h9,23-26,28-30H,2,8,10-22H2,1,3-7H3,(H,38,47)(H,39,46)(H2,40,41,49)/t24-,25?,26-,28-,29-,30-/m0/s1. The third-order valence-corrected chi connectivity index (χ3v) is 11.5. The topological polar surface area (TPSA) is 157 Å². The van der Waals surface area contributed by atoms with Gasteiger partial charge < -0.3 is 31.1 Å². The van der Waals surface area contributed by atoms with E-state index in [0.717, 1.165) is 44.9 Å². The number of likely N-dealkylation sites (tertiary alicyclic amines) is 2. The molecule has 4 rings (SSSR count). The largest absolute Gasteiger partial charge is 0.346 e. The Kier molecular flexibility index (Phi) is 12.6. The molecule has 0 bridgehead atoms. The summed E-state index contributed by atoms with van der Waals surface area (Å²) in [7, 11) is 0. The summed E-state index contributed by atoms with van der Waals surface area (Å²) in [4.78, 5) is 84.0. The minimum absolute atomic E-state index is 0.0830. The Morgan fingerprint density at radius 1 is 1.00 bits per heavy atom. The lowest BCUT2D eigenvalue weighted by atomic mass is 9.83. The molecule has 4 aliphatic rings. The fraction of sp³-hybridized carbons (Fsp3) is 0.784. The first-order chi connectivity index (χ1) is 23.1. The highest BCUT2D eigenvalue weighted by Gasteiger charge is 2.69. The van der Waals surface area contributed by atoms with Crippen molar-refractivity contribution in [3.63, 3.8) is 0 Å². The number of amides is 6. The van der Waals surface area contributed by atoms with Crippen molar-refractivity contribution in [2.24, 2.45) is 28.6 Å². The lowest BCUT2D eigenvalue weighted by molar-refractivity contribution is -0.144. The van der Waals surface area contributed by atoms with Gasteiger partial charge in [0.25, 0.3) is 5.91 Å². The van der Waals surface area contributed by atoms with Gasteiger partial charge in [-0.1, -0.05) is 73.3 Å². The van der Waals surface area contributed by atoms with Gasteiger partial charge in [0.05, 0.1) is 12.1 Å². The number of fused-ring (bicyclic) bond motifs is 1. The third kappa shape index (κ3) is 9.03. The summed E-state index contributed by atoms with van der Waals surface area (Å²) < 4.78 is 0. The third-order valence-electron chi connectivity index (χ3n) is 11.5. The van der Waals surface area contributed by atoms with Crippen LogP contribution in [-0.4, -0.2) is 95.6 Å². The molecule has 0 aromatic rings. The molecule has 2 aliphatic carbocycles. The van der Waals surface area contributed by atoms with Crippen molar-refractivity contribution in [2.45, 2.75) is 130 Å². The number of piperidine rings is 2. The average Bonchev–Trinajstić information content (AvgIpc) is 3.36. The van der Waals surface area contributed by atoms with Crippen LogP contribution < -0.4 is 21.3 Å². The zero-order valence-electron chi connectivity index (χ0n) is 30.6. The fourth-order valence-corrected chi connectivity index (χ4v) is 8.22. The van der Waals surface area contributed by atoms with E-state index in [2.05, 4.69) is 41.7 Å². The number of ketones is 1. The van der Waals surface area contributed by atoms with E-state index >= 15 is 0 Å². The smallest absolute Gasteiger partial charge is 0.315 e. The first kappa shape index (κ1) is 38.4. The minimum Gasteiger partial charge on any atom is -0.346 e. The number of hydrogen-bond acceptors (Lipinski definition) is 6. The van der Waals surface area contributed by atoms with Crippen LogP contribution in [0.1, 0.15) is 106 Å². The van der Waals surface area contributed by atoms with E-state index in [1.807, 2.05) is 32.6 Å². The Morgan fingerprint density at radius 3 is 2.31 bits per heavy atom. The van der Waals surface area contributed by atoms with Gasteiger partial charge >= 0.3 is 6.03 Å². The van der Waals surface area contributed by atoms with Crippen molar-refractivity contribution in [1.29, 1.82) is 0 Å². The van der Waals surface area contributed by atoms with Crippen LogP contribution in [0.4, 0.5) is 4.79 Å². The van der Waals surface area contributed by atoms with Gasteiger partial charge in [0.1, 0.15) is 12.1 Å². The van der Waals surface area contributed by atoms with Crippen LogP contribution in [0.25, 0.3) is 0 Å². The summed E-state index contributed by atoms with van der Waals surface area (Å²) >= 11 is 0. The summed E-state index contributed by atoms with van der Waals surface area (Å²) in [5.74, 6) is -2.22. The van der Waals surface area contributed by atoms with Crippen molar-refractivity contribution < 1.29 is 28.8 Å². The van der Waals surface area contributed by atoms with Crippen molar-refractivity contribution in [3.05, 3.63) is 12.7 Å². The highest BCUT2D eigenvalue weighted by molar-refractivity contribution is 6.38. The number of carbonyl (C=O) groups excluding carboxylic acids is 6. The molecule has 2 saturated heterocycles. The van der Waals surface area contributed by atoms with Gasteiger partial charge in [-0.05, 0) is 60.7 Å². The maximum absolute atomic E-state index is 14.6. The van der Waals surface area contributed by atoms with Gasteiger partial charge in [0.2, 0.25) is 23.5 Å². The Bertz CT molecular complexity index is 1270. The fourth-order valence-electron chi connectivity index (χ4n) is 8.22. The molecule has 4 N–H and O–H groups in total. The zero-order chi connectivity index (χ0) is 36.1. The average molecular weight is 685 g/mol. The number of hydrogen-bond donors (Lipinski definition) is 4. The molecule has 2 heterocycles. The van der Waals surface area contributed by atoms with E-state index in [9.17, 15) is 28.8 Å². The molecule has 2 saturated carbocycles. The second kappa shape index (κ2) is 16.1. The first-order valence-electron chi connectivity index (χ1n) is 18.5. The maximum Gasteiger partial charge on any atom is 0.315 e. The zero-order valence-corrected chi connectivity index (χ0v) is 30.6. The molecule has 12 heteroatoms. The first-order valence-corrected chi connectivity index (χ1v) is 18.5. The quantitative estimate of drug-likeness (QED) is 0.163. The normalized spacial score (nSPS) is 25.3. The molecule has 0 aromatic carbocycles. The Morgan fingerprint density at radius 2 is 1.69 bits per heavy atom. The number of urea groups is 1. The van der Waals surface area contributed by atoms with Crippen LogP contribution in [0.2, 0.25) is 0 Å². The van der Waals surface area contributed by atoms with Gasteiger partial charge in [0, 0.05) is 32.6 Å². The van der Waals surface area contributed by atoms with E-state index in [1.165, 1.54) is 6.08 Å². The van der Waals surface area contributed by atoms with E-state index < -0.39 is 41.8 Å². The Labute approximate surface area is 292 Å². The maximum atomic E-state index is 14.6. The van der Waals surface area contributed by atoms with Gasteiger partial charge in [-0.25, -0.2) is 4.79 Å². The minimum atomic E-state index is -1.01. The monoisotopic (exact) mass is 684 g/mol. The Hall–Kier alpha value is -3.44. The van der Waals surface area contributed by atoms with Crippen molar-refractivity contribution in [2.75, 3.05) is 26.2 Å². The number of nitrogens with zero attached hydrogens (tertiary/aromatic N) is 2. The van der Waals surface area contributed by atoms with Crippen molar-refractivity contribution >= 4 is 35.4 Å². The van der Waals surface area contributed by atoms with Crippen LogP contribution in [0, 0.1) is 28.6 Å². The molecule has 6 atom stereocenters. The summed E-state index contributed by atoms with van der Waals surface area (Å²) in [6, 6.07) is -3.46. The number of nitrogens with one attached hydrogen (secondary N) is 4. The molecule has 6 amide bonds. The lowest BCUT2D eigenvalue weighted by Gasteiger charge is -2.39. The molecule has 1 unspecified atom stereocenters. The van der Waals surface area contributed by atoms with Crippen molar-refractivity contribution in [1.82, 2.24) is 31.1 Å². The van der Waals surface area contributed by atoms with Gasteiger partial charge in [-0.2, -0.15) is 0 Å². The predicted octanol–water partition coefficient (Wildman–Crippen LogP) is 3.30. The van der Waals surface area contributed by atoms with E-state index in [4.69, 9.17) is 0 Å². The van der Waals surface area contributed by atoms with Crippen LogP contribution >= 0.6 is 0 Å². The van der Waals surface area contributed by atoms with Gasteiger partial charge in [-0.15, -0.1) is 6.58 Å². The summed E-state index contributed by atoms with van der Waals surface area (Å²) in [5.41, 5.74) is -0.513. The van der Waals surface area contributed by atoms with Gasteiger partial charge in [0.15, 0.2) is 0 Å². The highest BCUT2D eigenvalue weighted by Crippen LogP contribution is 2.65. The molecule has 0 aromatic heterocycles. The molecule has 2 aliphatic heterocycles. The molecule has 12 nitrogen and oxygen atoms in total. The molecular weight excluding hydrogens is 624 g/mol. The van der Waals surface area contributed by atoms with Gasteiger partial charge in [-0.3, -0.25) is 24.0 Å². The van der Waals surface area contributed by atoms with Crippen molar-refractivity contribution in [3.8, 4) is 0 Å². The number of rotatable bonds is 14. The van der Waals surface area contributed by atoms with E-state index in [1.54, 1.807) is 4.90 Å². The second-order valence-corrected chi connectivity index (χ2v) is 16.3. The summed E-state index contributed by atoms with van der Waals surface area (Å²) in [6.45, 7) is 17.3. The molecular formula is C37H60N6O6. The van der Waals surface area contributed by atoms with Crippen LogP contribution in [0.3, 0.4) is 0 Å². The molecule has 49 heavy (non-hydrogen) atoms. The van der Waals surface area contributed by atoms with Crippen LogP contribution in [-0.2, 0) is 24.0 Å². The lowest BCUT2D eigenvalue weighted by Crippen LogP contribution is -2.62. The summed E-state index contributed by atoms with van der Waals surface area (Å²) in [5, 5.41) is 11.5. The highest BCUT2D eigenvalue weighted by atomic mass is 16.2. The Balaban J connectivity index is 1.54. The molecule has 274 valence electrons. The molecule has 0 spiro atoms. The van der Waals surface area contributed by atoms with E-state index in [-0.39, 0.29) is 59.4 Å².